The van der Waals surface area contributed by atoms with Crippen molar-refractivity contribution in [2.75, 3.05) is 24.6 Å². The van der Waals surface area contributed by atoms with E-state index in [0.717, 1.165) is 47.7 Å². The first-order valence-corrected chi connectivity index (χ1v) is 9.67. The van der Waals surface area contributed by atoms with Crippen LogP contribution in [-0.2, 0) is 0 Å². The third kappa shape index (κ3) is 4.26. The Bertz CT molecular complexity index is 735. The van der Waals surface area contributed by atoms with Gasteiger partial charge in [0.05, 0.1) is 11.1 Å². The minimum atomic E-state index is 0.439. The number of nitrogens with zero attached hydrogens (tertiary/aromatic N) is 5. The Morgan fingerprint density at radius 3 is 2.76 bits per heavy atom. The first-order valence-electron chi connectivity index (χ1n) is 8.88. The van der Waals surface area contributed by atoms with Crippen molar-refractivity contribution >= 4 is 21.7 Å². The average molecular weight is 404 g/mol. The lowest BCUT2D eigenvalue weighted by Crippen LogP contribution is -2.38. The van der Waals surface area contributed by atoms with E-state index >= 15 is 0 Å². The molecule has 0 N–H and O–H groups in total. The minimum absolute atomic E-state index is 0.439. The second-order valence-corrected chi connectivity index (χ2v) is 7.86. The van der Waals surface area contributed by atoms with Crippen molar-refractivity contribution in [3.8, 4) is 6.01 Å². The van der Waals surface area contributed by atoms with E-state index in [-0.39, 0.29) is 0 Å². The number of aryl methyl sites for hydroxylation is 1. The van der Waals surface area contributed by atoms with Crippen LogP contribution in [0.2, 0.25) is 0 Å². The topological polar surface area (TPSA) is 64.0 Å². The summed E-state index contributed by atoms with van der Waals surface area (Å²) in [5, 5.41) is 0. The van der Waals surface area contributed by atoms with Crippen LogP contribution in [0.1, 0.15) is 43.1 Å². The van der Waals surface area contributed by atoms with Gasteiger partial charge in [-0.15, -0.1) is 0 Å². The molecule has 1 saturated heterocycles. The number of halogens is 1. The summed E-state index contributed by atoms with van der Waals surface area (Å²) in [6.45, 7) is 4.70. The first kappa shape index (κ1) is 16.7. The lowest BCUT2D eigenvalue weighted by Gasteiger charge is -2.33. The van der Waals surface area contributed by atoms with Crippen molar-refractivity contribution in [2.45, 2.75) is 38.5 Å². The molecule has 1 unspecified atom stereocenters. The molecule has 0 spiro atoms. The molecule has 0 radical (unpaired) electrons. The molecule has 1 saturated carbocycles. The normalized spacial score (nSPS) is 20.6. The fourth-order valence-corrected chi connectivity index (χ4v) is 3.44. The zero-order valence-corrected chi connectivity index (χ0v) is 15.9. The van der Waals surface area contributed by atoms with Crippen LogP contribution in [0.25, 0.3) is 0 Å². The second kappa shape index (κ2) is 7.23. The maximum Gasteiger partial charge on any atom is 0.316 e. The van der Waals surface area contributed by atoms with Crippen LogP contribution in [0.15, 0.2) is 22.9 Å². The van der Waals surface area contributed by atoms with Gasteiger partial charge in [0.2, 0.25) is 0 Å². The fraction of sp³-hybridized carbons (Fsp3) is 0.556. The van der Waals surface area contributed by atoms with Crippen molar-refractivity contribution in [3.63, 3.8) is 0 Å². The van der Waals surface area contributed by atoms with Crippen LogP contribution in [0.3, 0.4) is 0 Å². The third-order valence-electron chi connectivity index (χ3n) is 4.69. The summed E-state index contributed by atoms with van der Waals surface area (Å²) in [4.78, 5) is 20.2. The Balaban J connectivity index is 1.39. The molecule has 1 atom stereocenters. The third-order valence-corrected chi connectivity index (χ3v) is 5.10. The van der Waals surface area contributed by atoms with E-state index in [1.807, 2.05) is 0 Å². The molecule has 0 aromatic carbocycles. The van der Waals surface area contributed by atoms with Gasteiger partial charge >= 0.3 is 6.01 Å². The lowest BCUT2D eigenvalue weighted by atomic mass is 9.99. The molecule has 2 aromatic heterocycles. The molecule has 25 heavy (non-hydrogen) atoms. The molecular formula is C18H22BrN5O. The molecule has 0 bridgehead atoms. The predicted octanol–water partition coefficient (Wildman–Crippen LogP) is 3.51. The largest absolute Gasteiger partial charge is 0.463 e. The number of hydrogen-bond donors (Lipinski definition) is 0. The molecule has 2 aromatic rings. The van der Waals surface area contributed by atoms with Crippen molar-refractivity contribution < 1.29 is 4.74 Å². The number of anilines is 1. The molecule has 2 fully saturated rings. The maximum atomic E-state index is 5.78. The van der Waals surface area contributed by atoms with E-state index in [9.17, 15) is 0 Å². The summed E-state index contributed by atoms with van der Waals surface area (Å²) in [5.41, 5.74) is 1.06. The summed E-state index contributed by atoms with van der Waals surface area (Å²) in [6.07, 6.45) is 8.18. The van der Waals surface area contributed by atoms with Gasteiger partial charge in [0.1, 0.15) is 11.6 Å². The maximum absolute atomic E-state index is 5.78. The van der Waals surface area contributed by atoms with Crippen molar-refractivity contribution in [3.05, 3.63) is 34.5 Å². The molecule has 6 nitrogen and oxygen atoms in total. The molecule has 132 valence electrons. The fourth-order valence-electron chi connectivity index (χ4n) is 3.24. The van der Waals surface area contributed by atoms with E-state index in [0.29, 0.717) is 24.5 Å². The van der Waals surface area contributed by atoms with Crippen molar-refractivity contribution in [1.29, 1.82) is 0 Å². The number of ether oxygens (including phenoxy) is 1. The lowest BCUT2D eigenvalue weighted by molar-refractivity contribution is 0.213. The summed E-state index contributed by atoms with van der Waals surface area (Å²) >= 11 is 3.33. The van der Waals surface area contributed by atoms with Crippen LogP contribution in [0.4, 0.5) is 5.82 Å². The number of hydrogen-bond acceptors (Lipinski definition) is 6. The predicted molar refractivity (Wildman–Crippen MR) is 98.9 cm³/mol. The van der Waals surface area contributed by atoms with Gasteiger partial charge < -0.3 is 9.64 Å². The van der Waals surface area contributed by atoms with Gasteiger partial charge in [-0.2, -0.15) is 0 Å². The molecule has 4 rings (SSSR count). The Morgan fingerprint density at radius 2 is 2.00 bits per heavy atom. The van der Waals surface area contributed by atoms with E-state index < -0.39 is 0 Å². The molecule has 2 aliphatic rings. The number of aromatic nitrogens is 4. The minimum Gasteiger partial charge on any atom is -0.463 e. The smallest absolute Gasteiger partial charge is 0.316 e. The van der Waals surface area contributed by atoms with Crippen LogP contribution in [-0.4, -0.2) is 39.6 Å². The Morgan fingerprint density at radius 1 is 1.20 bits per heavy atom. The highest BCUT2D eigenvalue weighted by molar-refractivity contribution is 9.10. The molecular weight excluding hydrogens is 382 g/mol. The van der Waals surface area contributed by atoms with E-state index in [1.54, 1.807) is 12.4 Å². The van der Waals surface area contributed by atoms with E-state index in [4.69, 9.17) is 9.72 Å². The highest BCUT2D eigenvalue weighted by atomic mass is 79.9. The van der Waals surface area contributed by atoms with Gasteiger partial charge in [0.15, 0.2) is 0 Å². The molecule has 7 heteroatoms. The van der Waals surface area contributed by atoms with Gasteiger partial charge in [-0.25, -0.2) is 19.9 Å². The van der Waals surface area contributed by atoms with Gasteiger partial charge in [-0.1, -0.05) is 0 Å². The van der Waals surface area contributed by atoms with Crippen LogP contribution in [0, 0.1) is 12.8 Å². The molecule has 0 amide bonds. The standard InChI is InChI=1S/C18H22BrN5O/c1-12-7-16(23-17(22-12)14-4-5-14)24-6-2-3-13(10-24)11-25-18-20-8-15(19)9-21-18/h7-9,13-14H,2-6,10-11H2,1H3. The van der Waals surface area contributed by atoms with Crippen LogP contribution < -0.4 is 9.64 Å². The van der Waals surface area contributed by atoms with Gasteiger partial charge in [0, 0.05) is 49.1 Å². The Labute approximate surface area is 156 Å². The molecule has 1 aliphatic heterocycles. The van der Waals surface area contributed by atoms with E-state index in [2.05, 4.69) is 48.8 Å². The highest BCUT2D eigenvalue weighted by Crippen LogP contribution is 2.38. The highest BCUT2D eigenvalue weighted by Gasteiger charge is 2.28. The Hall–Kier alpha value is -1.76. The average Bonchev–Trinajstić information content (AvgIpc) is 3.46. The monoisotopic (exact) mass is 403 g/mol. The summed E-state index contributed by atoms with van der Waals surface area (Å²) in [7, 11) is 0. The zero-order valence-electron chi connectivity index (χ0n) is 14.4. The molecule has 3 heterocycles. The first-order chi connectivity index (χ1) is 12.2. The SMILES string of the molecule is Cc1cc(N2CCCC(COc3ncc(Br)cn3)C2)nc(C2CC2)n1. The number of rotatable bonds is 5. The van der Waals surface area contributed by atoms with Gasteiger partial charge in [-0.05, 0) is 48.5 Å². The summed E-state index contributed by atoms with van der Waals surface area (Å²) in [6, 6.07) is 2.54. The molecule has 1 aliphatic carbocycles. The summed E-state index contributed by atoms with van der Waals surface area (Å²) in [5.74, 6) is 3.13. The van der Waals surface area contributed by atoms with E-state index in [1.165, 1.54) is 12.8 Å². The quantitative estimate of drug-likeness (QED) is 0.760. The van der Waals surface area contributed by atoms with Crippen LogP contribution >= 0.6 is 15.9 Å². The van der Waals surface area contributed by atoms with Crippen LogP contribution in [0.5, 0.6) is 6.01 Å². The van der Waals surface area contributed by atoms with Gasteiger partial charge in [-0.3, -0.25) is 0 Å². The van der Waals surface area contributed by atoms with Crippen molar-refractivity contribution in [2.24, 2.45) is 5.92 Å². The zero-order chi connectivity index (χ0) is 17.2. The van der Waals surface area contributed by atoms with Gasteiger partial charge in [0.25, 0.3) is 0 Å². The Kier molecular flexibility index (Phi) is 4.83. The number of piperidine rings is 1. The van der Waals surface area contributed by atoms with Crippen molar-refractivity contribution in [1.82, 2.24) is 19.9 Å². The summed E-state index contributed by atoms with van der Waals surface area (Å²) < 4.78 is 6.63. The second-order valence-electron chi connectivity index (χ2n) is 6.95.